The van der Waals surface area contributed by atoms with Crippen molar-refractivity contribution in [1.82, 2.24) is 15.1 Å². The van der Waals surface area contributed by atoms with Crippen molar-refractivity contribution in [2.24, 2.45) is 0 Å². The molecule has 0 spiro atoms. The van der Waals surface area contributed by atoms with Crippen LogP contribution in [0.3, 0.4) is 0 Å². The lowest BCUT2D eigenvalue weighted by Crippen LogP contribution is -2.24. The predicted molar refractivity (Wildman–Crippen MR) is 70.9 cm³/mol. The number of hydrogen-bond donors (Lipinski definition) is 1. The van der Waals surface area contributed by atoms with E-state index in [9.17, 15) is 0 Å². The van der Waals surface area contributed by atoms with E-state index in [-0.39, 0.29) is 0 Å². The quantitative estimate of drug-likeness (QED) is 0.849. The van der Waals surface area contributed by atoms with Gasteiger partial charge in [0.1, 0.15) is 0 Å². The van der Waals surface area contributed by atoms with E-state index in [2.05, 4.69) is 36.1 Å². The van der Waals surface area contributed by atoms with Crippen LogP contribution in [0, 0.1) is 0 Å². The molecule has 0 amide bonds. The normalized spacial score (nSPS) is 19.4. The Morgan fingerprint density at radius 2 is 2.18 bits per heavy atom. The van der Waals surface area contributed by atoms with Crippen molar-refractivity contribution in [3.05, 3.63) is 18.0 Å². The van der Waals surface area contributed by atoms with Crippen molar-refractivity contribution < 1.29 is 0 Å². The molecular formula is C14H25N3. The van der Waals surface area contributed by atoms with Crippen molar-refractivity contribution in [1.29, 1.82) is 0 Å². The molecule has 1 aliphatic carbocycles. The molecule has 1 fully saturated rings. The van der Waals surface area contributed by atoms with Crippen molar-refractivity contribution in [2.45, 2.75) is 71.0 Å². The summed E-state index contributed by atoms with van der Waals surface area (Å²) in [6, 6.07) is 3.39. The average Bonchev–Trinajstić information content (AvgIpc) is 2.86. The lowest BCUT2D eigenvalue weighted by atomic mass is 9.96. The van der Waals surface area contributed by atoms with E-state index in [4.69, 9.17) is 5.10 Å². The average molecular weight is 235 g/mol. The van der Waals surface area contributed by atoms with Gasteiger partial charge in [-0.05, 0) is 32.3 Å². The highest BCUT2D eigenvalue weighted by Gasteiger charge is 2.15. The van der Waals surface area contributed by atoms with E-state index in [0.29, 0.717) is 12.1 Å². The third-order valence-corrected chi connectivity index (χ3v) is 3.86. The number of rotatable bonds is 5. The van der Waals surface area contributed by atoms with Gasteiger partial charge in [-0.2, -0.15) is 5.10 Å². The van der Waals surface area contributed by atoms with Gasteiger partial charge in [0, 0.05) is 18.8 Å². The molecule has 1 heterocycles. The molecule has 1 saturated carbocycles. The predicted octanol–water partition coefficient (Wildman–Crippen LogP) is 3.28. The maximum absolute atomic E-state index is 4.69. The molecule has 3 nitrogen and oxygen atoms in total. The Bertz CT molecular complexity index is 326. The monoisotopic (exact) mass is 235 g/mol. The van der Waals surface area contributed by atoms with Gasteiger partial charge in [-0.3, -0.25) is 4.68 Å². The van der Waals surface area contributed by atoms with Crippen LogP contribution in [0.1, 0.15) is 64.1 Å². The van der Waals surface area contributed by atoms with Crippen LogP contribution in [0.2, 0.25) is 0 Å². The Kier molecular flexibility index (Phi) is 4.60. The highest BCUT2D eigenvalue weighted by atomic mass is 15.3. The van der Waals surface area contributed by atoms with Gasteiger partial charge in [0.05, 0.1) is 11.7 Å². The molecule has 1 aromatic heterocycles. The van der Waals surface area contributed by atoms with Crippen molar-refractivity contribution in [3.8, 4) is 0 Å². The summed E-state index contributed by atoms with van der Waals surface area (Å²) in [7, 11) is 0. The van der Waals surface area contributed by atoms with Crippen molar-refractivity contribution in [3.63, 3.8) is 0 Å². The minimum absolute atomic E-state index is 0.579. The van der Waals surface area contributed by atoms with Gasteiger partial charge in [-0.15, -0.1) is 0 Å². The molecule has 0 aromatic carbocycles. The Morgan fingerprint density at radius 1 is 1.41 bits per heavy atom. The fourth-order valence-corrected chi connectivity index (χ4v) is 2.44. The molecule has 2 rings (SSSR count). The second kappa shape index (κ2) is 6.20. The molecule has 0 radical (unpaired) electrons. The second-order valence-corrected chi connectivity index (χ2v) is 5.27. The van der Waals surface area contributed by atoms with Crippen LogP contribution < -0.4 is 5.32 Å². The fraction of sp³-hybridized carbons (Fsp3) is 0.786. The molecule has 3 heteroatoms. The standard InChI is InChI=1S/C14H25N3/c1-3-12(2)15-11-13-9-10-17(16-13)14-7-5-4-6-8-14/h9-10,12,14-15H,3-8,11H2,1-2H3. The third-order valence-electron chi connectivity index (χ3n) is 3.86. The topological polar surface area (TPSA) is 29.9 Å². The van der Waals surface area contributed by atoms with Gasteiger partial charge in [-0.1, -0.05) is 26.2 Å². The van der Waals surface area contributed by atoms with E-state index in [0.717, 1.165) is 6.54 Å². The van der Waals surface area contributed by atoms with Crippen LogP contribution in [-0.2, 0) is 6.54 Å². The summed E-state index contributed by atoms with van der Waals surface area (Å²) in [5.41, 5.74) is 1.18. The van der Waals surface area contributed by atoms with Crippen LogP contribution in [0.15, 0.2) is 12.3 Å². The molecular weight excluding hydrogens is 210 g/mol. The summed E-state index contributed by atoms with van der Waals surface area (Å²) in [4.78, 5) is 0. The molecule has 1 aromatic rings. The van der Waals surface area contributed by atoms with Crippen LogP contribution in [-0.4, -0.2) is 15.8 Å². The van der Waals surface area contributed by atoms with E-state index < -0.39 is 0 Å². The van der Waals surface area contributed by atoms with E-state index in [1.165, 1.54) is 44.2 Å². The van der Waals surface area contributed by atoms with Gasteiger partial charge in [-0.25, -0.2) is 0 Å². The zero-order valence-electron chi connectivity index (χ0n) is 11.2. The van der Waals surface area contributed by atoms with Crippen LogP contribution in [0.4, 0.5) is 0 Å². The molecule has 17 heavy (non-hydrogen) atoms. The Labute approximate surface area is 105 Å². The smallest absolute Gasteiger partial charge is 0.0762 e. The SMILES string of the molecule is CCC(C)NCc1ccn(C2CCCCC2)n1. The molecule has 1 N–H and O–H groups in total. The zero-order chi connectivity index (χ0) is 12.1. The maximum atomic E-state index is 4.69. The largest absolute Gasteiger partial charge is 0.309 e. The van der Waals surface area contributed by atoms with E-state index in [1.807, 2.05) is 0 Å². The lowest BCUT2D eigenvalue weighted by molar-refractivity contribution is 0.327. The van der Waals surface area contributed by atoms with E-state index >= 15 is 0 Å². The molecule has 0 aliphatic heterocycles. The molecule has 0 saturated heterocycles. The first kappa shape index (κ1) is 12.6. The summed E-state index contributed by atoms with van der Waals surface area (Å²) < 4.78 is 2.19. The van der Waals surface area contributed by atoms with Crippen LogP contribution in [0.25, 0.3) is 0 Å². The summed E-state index contributed by atoms with van der Waals surface area (Å²) in [5.74, 6) is 0. The highest BCUT2D eigenvalue weighted by Crippen LogP contribution is 2.27. The maximum Gasteiger partial charge on any atom is 0.0762 e. The summed E-state index contributed by atoms with van der Waals surface area (Å²) >= 11 is 0. The molecule has 1 atom stereocenters. The van der Waals surface area contributed by atoms with Gasteiger partial charge in [0.25, 0.3) is 0 Å². The Hall–Kier alpha value is -0.830. The van der Waals surface area contributed by atoms with Gasteiger partial charge in [0.2, 0.25) is 0 Å². The summed E-state index contributed by atoms with van der Waals surface area (Å²) in [6.07, 6.45) is 10.1. The van der Waals surface area contributed by atoms with E-state index in [1.54, 1.807) is 0 Å². The second-order valence-electron chi connectivity index (χ2n) is 5.27. The van der Waals surface area contributed by atoms with Gasteiger partial charge < -0.3 is 5.32 Å². The van der Waals surface area contributed by atoms with Crippen molar-refractivity contribution >= 4 is 0 Å². The number of nitrogens with one attached hydrogen (secondary N) is 1. The minimum Gasteiger partial charge on any atom is -0.309 e. The number of nitrogens with zero attached hydrogens (tertiary/aromatic N) is 2. The molecule has 1 unspecified atom stereocenters. The summed E-state index contributed by atoms with van der Waals surface area (Å²) in [5, 5.41) is 8.18. The number of hydrogen-bond acceptors (Lipinski definition) is 2. The lowest BCUT2D eigenvalue weighted by Gasteiger charge is -2.21. The summed E-state index contributed by atoms with van der Waals surface area (Å²) in [6.45, 7) is 5.32. The fourth-order valence-electron chi connectivity index (χ4n) is 2.44. The first-order chi connectivity index (χ1) is 8.29. The number of aromatic nitrogens is 2. The molecule has 1 aliphatic rings. The zero-order valence-corrected chi connectivity index (χ0v) is 11.2. The minimum atomic E-state index is 0.579. The Morgan fingerprint density at radius 3 is 2.88 bits per heavy atom. The first-order valence-electron chi connectivity index (χ1n) is 7.07. The molecule has 96 valence electrons. The van der Waals surface area contributed by atoms with Crippen LogP contribution in [0.5, 0.6) is 0 Å². The molecule has 0 bridgehead atoms. The van der Waals surface area contributed by atoms with Gasteiger partial charge >= 0.3 is 0 Å². The third kappa shape index (κ3) is 3.56. The Balaban J connectivity index is 1.86. The highest BCUT2D eigenvalue weighted by molar-refractivity contribution is 5.00. The van der Waals surface area contributed by atoms with Gasteiger partial charge in [0.15, 0.2) is 0 Å². The van der Waals surface area contributed by atoms with Crippen LogP contribution >= 0.6 is 0 Å². The first-order valence-corrected chi connectivity index (χ1v) is 7.07. The van der Waals surface area contributed by atoms with Crippen molar-refractivity contribution in [2.75, 3.05) is 0 Å².